The second-order valence-corrected chi connectivity index (χ2v) is 5.20. The van der Waals surface area contributed by atoms with E-state index in [-0.39, 0.29) is 11.9 Å². The molecule has 0 aliphatic heterocycles. The topological polar surface area (TPSA) is 73.9 Å². The molecule has 2 rings (SSSR count). The van der Waals surface area contributed by atoms with Gasteiger partial charge in [-0.25, -0.2) is 4.79 Å². The van der Waals surface area contributed by atoms with Crippen molar-refractivity contribution in [2.75, 3.05) is 26.1 Å². The highest BCUT2D eigenvalue weighted by molar-refractivity contribution is 6.08. The Kier molecular flexibility index (Phi) is 6.39. The molecular formula is C19H21NO5. The van der Waals surface area contributed by atoms with Crippen molar-refractivity contribution in [3.8, 4) is 11.5 Å². The van der Waals surface area contributed by atoms with Gasteiger partial charge in [0.1, 0.15) is 17.1 Å². The lowest BCUT2D eigenvalue weighted by atomic mass is 10.1. The molecule has 132 valence electrons. The van der Waals surface area contributed by atoms with E-state index in [1.807, 2.05) is 6.92 Å². The van der Waals surface area contributed by atoms with Crippen molar-refractivity contribution >= 4 is 17.6 Å². The Hall–Kier alpha value is -3.02. The Balaban J connectivity index is 2.15. The zero-order valence-electron chi connectivity index (χ0n) is 14.5. The summed E-state index contributed by atoms with van der Waals surface area (Å²) < 4.78 is 15.5. The third kappa shape index (κ3) is 4.50. The van der Waals surface area contributed by atoms with E-state index >= 15 is 0 Å². The smallest absolute Gasteiger partial charge is 0.338 e. The van der Waals surface area contributed by atoms with Crippen LogP contribution in [-0.2, 0) is 4.74 Å². The van der Waals surface area contributed by atoms with Gasteiger partial charge in [-0.15, -0.1) is 0 Å². The highest BCUT2D eigenvalue weighted by Gasteiger charge is 2.18. The summed E-state index contributed by atoms with van der Waals surface area (Å²) in [6.45, 7) is 2.31. The molecule has 0 atom stereocenters. The summed E-state index contributed by atoms with van der Waals surface area (Å²) in [7, 11) is 2.98. The first-order valence-electron chi connectivity index (χ1n) is 7.90. The molecule has 0 saturated carbocycles. The van der Waals surface area contributed by atoms with E-state index in [9.17, 15) is 9.59 Å². The maximum atomic E-state index is 12.6. The Morgan fingerprint density at radius 2 is 1.56 bits per heavy atom. The minimum Gasteiger partial charge on any atom is -0.496 e. The van der Waals surface area contributed by atoms with E-state index in [1.165, 1.54) is 14.2 Å². The largest absolute Gasteiger partial charge is 0.496 e. The lowest BCUT2D eigenvalue weighted by molar-refractivity contribution is 0.0505. The van der Waals surface area contributed by atoms with E-state index in [0.717, 1.165) is 6.42 Å². The fourth-order valence-electron chi connectivity index (χ4n) is 2.24. The number of amides is 1. The third-order valence-electron chi connectivity index (χ3n) is 3.47. The number of hydrogen-bond acceptors (Lipinski definition) is 5. The molecule has 0 aliphatic carbocycles. The van der Waals surface area contributed by atoms with Crippen molar-refractivity contribution in [1.82, 2.24) is 0 Å². The van der Waals surface area contributed by atoms with E-state index in [4.69, 9.17) is 14.2 Å². The molecule has 0 bridgehead atoms. The number of nitrogens with one attached hydrogen (secondary N) is 1. The van der Waals surface area contributed by atoms with E-state index < -0.39 is 0 Å². The van der Waals surface area contributed by atoms with Gasteiger partial charge in [0.05, 0.1) is 26.4 Å². The average molecular weight is 343 g/mol. The summed E-state index contributed by atoms with van der Waals surface area (Å²) in [5.74, 6) is 0.0787. The van der Waals surface area contributed by atoms with Crippen molar-refractivity contribution in [3.05, 3.63) is 53.6 Å². The molecule has 0 aliphatic rings. The minimum absolute atomic E-state index is 0.305. The zero-order chi connectivity index (χ0) is 18.2. The molecule has 0 unspecified atom stereocenters. The van der Waals surface area contributed by atoms with Gasteiger partial charge in [-0.1, -0.05) is 13.0 Å². The summed E-state index contributed by atoms with van der Waals surface area (Å²) in [6, 6.07) is 11.6. The lowest BCUT2D eigenvalue weighted by Gasteiger charge is -2.13. The first kappa shape index (κ1) is 18.3. The summed E-state index contributed by atoms with van der Waals surface area (Å²) in [4.78, 5) is 24.4. The maximum Gasteiger partial charge on any atom is 0.338 e. The average Bonchev–Trinajstić information content (AvgIpc) is 2.65. The third-order valence-corrected chi connectivity index (χ3v) is 3.47. The van der Waals surface area contributed by atoms with Crippen molar-refractivity contribution in [2.24, 2.45) is 0 Å². The van der Waals surface area contributed by atoms with Crippen LogP contribution >= 0.6 is 0 Å². The van der Waals surface area contributed by atoms with Gasteiger partial charge in [-0.2, -0.15) is 0 Å². The second kappa shape index (κ2) is 8.73. The van der Waals surface area contributed by atoms with Crippen LogP contribution in [0.5, 0.6) is 11.5 Å². The number of anilines is 1. The van der Waals surface area contributed by atoms with Gasteiger partial charge in [0, 0.05) is 5.69 Å². The van der Waals surface area contributed by atoms with Crippen LogP contribution in [0.3, 0.4) is 0 Å². The minimum atomic E-state index is -0.383. The van der Waals surface area contributed by atoms with Crippen molar-refractivity contribution in [2.45, 2.75) is 13.3 Å². The fourth-order valence-corrected chi connectivity index (χ4v) is 2.24. The fraction of sp³-hybridized carbons (Fsp3) is 0.263. The summed E-state index contributed by atoms with van der Waals surface area (Å²) >= 11 is 0. The molecule has 0 heterocycles. The molecule has 6 heteroatoms. The molecule has 1 N–H and O–H groups in total. The predicted octanol–water partition coefficient (Wildman–Crippen LogP) is 3.52. The number of carbonyl (C=O) groups excluding carboxylic acids is 2. The number of carbonyl (C=O) groups is 2. The monoisotopic (exact) mass is 343 g/mol. The van der Waals surface area contributed by atoms with Gasteiger partial charge < -0.3 is 19.5 Å². The van der Waals surface area contributed by atoms with Crippen LogP contribution in [0.25, 0.3) is 0 Å². The van der Waals surface area contributed by atoms with Gasteiger partial charge in [0.25, 0.3) is 5.91 Å². The first-order valence-corrected chi connectivity index (χ1v) is 7.90. The van der Waals surface area contributed by atoms with Crippen molar-refractivity contribution < 1.29 is 23.8 Å². The Labute approximate surface area is 146 Å². The molecule has 25 heavy (non-hydrogen) atoms. The number of ether oxygens (including phenoxy) is 3. The standard InChI is InChI=1S/C19H21NO5/c1-4-12-25-19(22)13-8-10-14(11-9-13)20-18(21)17-15(23-2)6-5-7-16(17)24-3/h5-11H,4,12H2,1-3H3,(H,20,21). The molecule has 1 amide bonds. The number of rotatable bonds is 7. The molecule has 0 aromatic heterocycles. The van der Waals surface area contributed by atoms with Crippen LogP contribution in [-0.4, -0.2) is 32.7 Å². The van der Waals surface area contributed by atoms with Gasteiger partial charge in [-0.3, -0.25) is 4.79 Å². The number of esters is 1. The molecule has 0 radical (unpaired) electrons. The second-order valence-electron chi connectivity index (χ2n) is 5.20. The molecule has 0 fully saturated rings. The summed E-state index contributed by atoms with van der Waals surface area (Å²) in [5, 5.41) is 2.77. The Morgan fingerprint density at radius 1 is 0.960 bits per heavy atom. The maximum absolute atomic E-state index is 12.6. The number of hydrogen-bond donors (Lipinski definition) is 1. The Morgan fingerprint density at radius 3 is 2.08 bits per heavy atom. The normalized spacial score (nSPS) is 10.0. The van der Waals surface area contributed by atoms with Crippen LogP contribution in [0.4, 0.5) is 5.69 Å². The summed E-state index contributed by atoms with van der Waals surface area (Å²) in [6.07, 6.45) is 0.765. The van der Waals surface area contributed by atoms with E-state index in [1.54, 1.807) is 42.5 Å². The van der Waals surface area contributed by atoms with E-state index in [0.29, 0.717) is 34.9 Å². The van der Waals surface area contributed by atoms with Crippen LogP contribution in [0.2, 0.25) is 0 Å². The van der Waals surface area contributed by atoms with E-state index in [2.05, 4.69) is 5.32 Å². The molecular weight excluding hydrogens is 322 g/mol. The summed E-state index contributed by atoms with van der Waals surface area (Å²) in [5.41, 5.74) is 1.28. The van der Waals surface area contributed by atoms with Crippen molar-refractivity contribution in [1.29, 1.82) is 0 Å². The zero-order valence-corrected chi connectivity index (χ0v) is 14.5. The first-order chi connectivity index (χ1) is 12.1. The highest BCUT2D eigenvalue weighted by atomic mass is 16.5. The van der Waals surface area contributed by atoms with Crippen LogP contribution < -0.4 is 14.8 Å². The Bertz CT molecular complexity index is 718. The molecule has 2 aromatic rings. The van der Waals surface area contributed by atoms with Gasteiger partial charge in [0.2, 0.25) is 0 Å². The number of methoxy groups -OCH3 is 2. The predicted molar refractivity (Wildman–Crippen MR) is 94.5 cm³/mol. The van der Waals surface area contributed by atoms with Gasteiger partial charge >= 0.3 is 5.97 Å². The van der Waals surface area contributed by atoms with Crippen LogP contribution in [0.1, 0.15) is 34.1 Å². The molecule has 2 aromatic carbocycles. The van der Waals surface area contributed by atoms with Crippen LogP contribution in [0.15, 0.2) is 42.5 Å². The SMILES string of the molecule is CCCOC(=O)c1ccc(NC(=O)c2c(OC)cccc2OC)cc1. The van der Waals surface area contributed by atoms with Gasteiger partial charge in [0.15, 0.2) is 0 Å². The van der Waals surface area contributed by atoms with Crippen LogP contribution in [0, 0.1) is 0 Å². The highest BCUT2D eigenvalue weighted by Crippen LogP contribution is 2.29. The lowest BCUT2D eigenvalue weighted by Crippen LogP contribution is -2.14. The van der Waals surface area contributed by atoms with Gasteiger partial charge in [-0.05, 0) is 42.8 Å². The van der Waals surface area contributed by atoms with Crippen molar-refractivity contribution in [3.63, 3.8) is 0 Å². The molecule has 0 spiro atoms. The molecule has 6 nitrogen and oxygen atoms in total. The quantitative estimate of drug-likeness (QED) is 0.779. The molecule has 0 saturated heterocycles. The number of benzene rings is 2.